The fourth-order valence-electron chi connectivity index (χ4n) is 3.36. The van der Waals surface area contributed by atoms with Crippen molar-refractivity contribution >= 4 is 18.0 Å². The first-order valence-corrected chi connectivity index (χ1v) is 9.83. The third-order valence-electron chi connectivity index (χ3n) is 4.95. The molecule has 0 N–H and O–H groups in total. The second-order valence-electron chi connectivity index (χ2n) is 7.11. The maximum absolute atomic E-state index is 12.6. The van der Waals surface area contributed by atoms with Crippen LogP contribution in [0.4, 0.5) is 0 Å². The number of carbonyl (C=O) groups excluding carboxylic acids is 2. The highest BCUT2D eigenvalue weighted by Crippen LogP contribution is 2.22. The second kappa shape index (κ2) is 9.93. The van der Waals surface area contributed by atoms with Gasteiger partial charge in [0.2, 0.25) is 5.91 Å². The Morgan fingerprint density at radius 2 is 1.89 bits per heavy atom. The van der Waals surface area contributed by atoms with Crippen LogP contribution in [-0.4, -0.2) is 43.1 Å². The van der Waals surface area contributed by atoms with Crippen LogP contribution < -0.4 is 4.74 Å². The van der Waals surface area contributed by atoms with Crippen LogP contribution >= 0.6 is 0 Å². The normalized spacial score (nSPS) is 24.2. The van der Waals surface area contributed by atoms with Crippen LogP contribution in [0.15, 0.2) is 54.6 Å². The number of ether oxygens (including phenoxy) is 2. The van der Waals surface area contributed by atoms with Gasteiger partial charge in [-0.2, -0.15) is 0 Å². The first-order valence-electron chi connectivity index (χ1n) is 9.83. The van der Waals surface area contributed by atoms with E-state index in [-0.39, 0.29) is 17.8 Å². The van der Waals surface area contributed by atoms with Crippen LogP contribution in [0.5, 0.6) is 5.75 Å². The molecule has 1 aromatic carbocycles. The van der Waals surface area contributed by atoms with Gasteiger partial charge in [-0.05, 0) is 31.4 Å². The lowest BCUT2D eigenvalue weighted by atomic mass is 9.98. The molecule has 0 unspecified atom stereocenters. The molecule has 0 saturated carbocycles. The van der Waals surface area contributed by atoms with E-state index in [0.717, 1.165) is 36.1 Å². The summed E-state index contributed by atoms with van der Waals surface area (Å²) in [6, 6.07) is 7.66. The van der Waals surface area contributed by atoms with Crippen molar-refractivity contribution in [1.82, 2.24) is 4.90 Å². The smallest absolute Gasteiger partial charge is 0.310 e. The first-order chi connectivity index (χ1) is 13.6. The Balaban J connectivity index is 1.78. The highest BCUT2D eigenvalue weighted by atomic mass is 16.5. The van der Waals surface area contributed by atoms with Crippen molar-refractivity contribution in [3.63, 3.8) is 0 Å². The SMILES string of the molecule is C=C1/C=C\CCOc2ccccc2/C=C/C(=O)N2CCC[C@@H](C2)C(=O)OCC1. The number of hydrogen-bond donors (Lipinski definition) is 0. The van der Waals surface area contributed by atoms with Crippen molar-refractivity contribution in [3.8, 4) is 5.75 Å². The van der Waals surface area contributed by atoms with Crippen molar-refractivity contribution in [2.24, 2.45) is 5.92 Å². The van der Waals surface area contributed by atoms with Gasteiger partial charge in [-0.15, -0.1) is 0 Å². The summed E-state index contributed by atoms with van der Waals surface area (Å²) in [5.41, 5.74) is 1.77. The Labute approximate surface area is 166 Å². The maximum Gasteiger partial charge on any atom is 0.310 e. The Morgan fingerprint density at radius 3 is 2.79 bits per heavy atom. The zero-order valence-corrected chi connectivity index (χ0v) is 16.1. The van der Waals surface area contributed by atoms with E-state index in [0.29, 0.717) is 32.7 Å². The predicted octanol–water partition coefficient (Wildman–Crippen LogP) is 3.77. The van der Waals surface area contributed by atoms with E-state index in [4.69, 9.17) is 9.47 Å². The van der Waals surface area contributed by atoms with Gasteiger partial charge in [0.15, 0.2) is 0 Å². The van der Waals surface area contributed by atoms with Gasteiger partial charge >= 0.3 is 5.97 Å². The third kappa shape index (κ3) is 5.59. The molecule has 2 bridgehead atoms. The van der Waals surface area contributed by atoms with E-state index >= 15 is 0 Å². The number of cyclic esters (lactones) is 1. The first kappa shape index (κ1) is 19.9. The molecule has 2 aliphatic heterocycles. The van der Waals surface area contributed by atoms with E-state index in [1.807, 2.05) is 36.4 Å². The maximum atomic E-state index is 12.6. The molecule has 0 radical (unpaired) electrons. The van der Waals surface area contributed by atoms with Gasteiger partial charge in [0.1, 0.15) is 5.75 Å². The second-order valence-corrected chi connectivity index (χ2v) is 7.11. The molecule has 2 heterocycles. The van der Waals surface area contributed by atoms with Crippen molar-refractivity contribution in [1.29, 1.82) is 0 Å². The Bertz CT molecular complexity index is 781. The van der Waals surface area contributed by atoms with Gasteiger partial charge in [-0.25, -0.2) is 0 Å². The molecule has 1 fully saturated rings. The fraction of sp³-hybridized carbons (Fsp3) is 0.391. The Morgan fingerprint density at radius 1 is 1.04 bits per heavy atom. The lowest BCUT2D eigenvalue weighted by molar-refractivity contribution is -0.151. The standard InChI is InChI=1S/C23H27NO4/c1-18-7-4-5-15-27-21-10-3-2-8-19(21)11-12-22(25)24-14-6-9-20(17-24)23(26)28-16-13-18/h2-4,7-8,10-12,20H,1,5-6,9,13-17H2/b7-4-,12-11+/t20-/m0/s1. The molecule has 148 valence electrons. The molecule has 1 aromatic rings. The van der Waals surface area contributed by atoms with Gasteiger partial charge in [0.05, 0.1) is 19.1 Å². The minimum absolute atomic E-state index is 0.0928. The van der Waals surface area contributed by atoms with Crippen molar-refractivity contribution < 1.29 is 19.1 Å². The zero-order valence-electron chi connectivity index (χ0n) is 16.1. The van der Waals surface area contributed by atoms with Crippen molar-refractivity contribution in [2.75, 3.05) is 26.3 Å². The molecule has 2 aliphatic rings. The number of para-hydroxylation sites is 1. The molecule has 5 heteroatoms. The van der Waals surface area contributed by atoms with Crippen LogP contribution in [0, 0.1) is 5.92 Å². The van der Waals surface area contributed by atoms with E-state index in [9.17, 15) is 9.59 Å². The largest absolute Gasteiger partial charge is 0.493 e. The summed E-state index contributed by atoms with van der Waals surface area (Å²) in [4.78, 5) is 26.7. The molecule has 1 amide bonds. The minimum atomic E-state index is -0.260. The Hall–Kier alpha value is -2.82. The molecule has 3 rings (SSSR count). The summed E-state index contributed by atoms with van der Waals surface area (Å²) in [6.45, 7) is 5.91. The van der Waals surface area contributed by atoms with Gasteiger partial charge in [-0.1, -0.05) is 42.5 Å². The summed E-state index contributed by atoms with van der Waals surface area (Å²) in [6.07, 6.45) is 10.2. The molecular formula is C23H27NO4. The quantitative estimate of drug-likeness (QED) is 0.642. The highest BCUT2D eigenvalue weighted by Gasteiger charge is 2.28. The zero-order chi connectivity index (χ0) is 19.8. The molecule has 1 atom stereocenters. The topological polar surface area (TPSA) is 55.8 Å². The summed E-state index contributed by atoms with van der Waals surface area (Å²) in [5.74, 6) is 0.173. The van der Waals surface area contributed by atoms with E-state index < -0.39 is 0 Å². The summed E-state index contributed by atoms with van der Waals surface area (Å²) in [5, 5.41) is 0. The molecule has 28 heavy (non-hydrogen) atoms. The Kier molecular flexibility index (Phi) is 7.06. The van der Waals surface area contributed by atoms with Crippen LogP contribution in [0.3, 0.4) is 0 Å². The van der Waals surface area contributed by atoms with Crippen LogP contribution in [-0.2, 0) is 14.3 Å². The summed E-state index contributed by atoms with van der Waals surface area (Å²) < 4.78 is 11.3. The summed E-state index contributed by atoms with van der Waals surface area (Å²) >= 11 is 0. The predicted molar refractivity (Wildman–Crippen MR) is 109 cm³/mol. The number of allylic oxidation sites excluding steroid dienone is 1. The lowest BCUT2D eigenvalue weighted by Gasteiger charge is -2.30. The van der Waals surface area contributed by atoms with Gasteiger partial charge in [-0.3, -0.25) is 9.59 Å². The number of rotatable bonds is 0. The molecule has 0 aliphatic carbocycles. The molecule has 1 saturated heterocycles. The fourth-order valence-corrected chi connectivity index (χ4v) is 3.36. The average Bonchev–Trinajstić information content (AvgIpc) is 2.72. The number of hydrogen-bond acceptors (Lipinski definition) is 4. The highest BCUT2D eigenvalue weighted by molar-refractivity contribution is 5.92. The molecule has 0 aromatic heterocycles. The minimum Gasteiger partial charge on any atom is -0.493 e. The van der Waals surface area contributed by atoms with E-state index in [1.54, 1.807) is 17.1 Å². The van der Waals surface area contributed by atoms with Crippen LogP contribution in [0.1, 0.15) is 31.2 Å². The van der Waals surface area contributed by atoms with Crippen LogP contribution in [0.2, 0.25) is 0 Å². The van der Waals surface area contributed by atoms with Gasteiger partial charge < -0.3 is 14.4 Å². The van der Waals surface area contributed by atoms with E-state index in [2.05, 4.69) is 6.58 Å². The van der Waals surface area contributed by atoms with E-state index in [1.165, 1.54) is 0 Å². The van der Waals surface area contributed by atoms with Crippen LogP contribution in [0.25, 0.3) is 6.08 Å². The number of esters is 1. The van der Waals surface area contributed by atoms with Crippen molar-refractivity contribution in [2.45, 2.75) is 25.7 Å². The third-order valence-corrected chi connectivity index (χ3v) is 4.95. The molecule has 0 spiro atoms. The number of fused-ring (bicyclic) bond motifs is 3. The molecule has 5 nitrogen and oxygen atoms in total. The molecular weight excluding hydrogens is 354 g/mol. The number of piperidine rings is 1. The number of benzene rings is 1. The lowest BCUT2D eigenvalue weighted by Crippen LogP contribution is -2.42. The van der Waals surface area contributed by atoms with Gasteiger partial charge in [0, 0.05) is 31.1 Å². The van der Waals surface area contributed by atoms with Gasteiger partial charge in [0.25, 0.3) is 0 Å². The number of carbonyl (C=O) groups is 2. The summed E-state index contributed by atoms with van der Waals surface area (Å²) in [7, 11) is 0. The number of nitrogens with zero attached hydrogens (tertiary/aromatic N) is 1. The number of amides is 1. The van der Waals surface area contributed by atoms with Crippen molar-refractivity contribution in [3.05, 3.63) is 60.2 Å². The monoisotopic (exact) mass is 381 g/mol. The average molecular weight is 381 g/mol.